The first-order valence-corrected chi connectivity index (χ1v) is 8.12. The van der Waals surface area contributed by atoms with E-state index < -0.39 is 0 Å². The summed E-state index contributed by atoms with van der Waals surface area (Å²) >= 11 is 0. The van der Waals surface area contributed by atoms with Gasteiger partial charge in [0, 0.05) is 38.0 Å². The summed E-state index contributed by atoms with van der Waals surface area (Å²) in [7, 11) is 1.69. The minimum Gasteiger partial charge on any atom is -0.385 e. The largest absolute Gasteiger partial charge is 0.385 e. The summed E-state index contributed by atoms with van der Waals surface area (Å²) in [6.45, 7) is 3.31. The number of nitrogens with one attached hydrogen (secondary N) is 2. The summed E-state index contributed by atoms with van der Waals surface area (Å²) in [5, 5.41) is 10.4. The summed E-state index contributed by atoms with van der Waals surface area (Å²) in [5.74, 6) is 3.38. The van der Waals surface area contributed by atoms with Crippen LogP contribution in [0.25, 0.3) is 11.4 Å². The molecule has 0 aliphatic heterocycles. The van der Waals surface area contributed by atoms with Crippen molar-refractivity contribution in [3.63, 3.8) is 0 Å². The lowest BCUT2D eigenvalue weighted by Gasteiger charge is -2.10. The summed E-state index contributed by atoms with van der Waals surface area (Å²) in [6, 6.07) is 13.5. The molecule has 2 aromatic heterocycles. The molecule has 2 N–H and O–H groups in total. The van der Waals surface area contributed by atoms with Gasteiger partial charge in [-0.1, -0.05) is 35.5 Å². The Bertz CT molecular complexity index is 804. The van der Waals surface area contributed by atoms with Crippen LogP contribution < -0.4 is 10.6 Å². The molecule has 0 amide bonds. The molecule has 7 heteroatoms. The van der Waals surface area contributed by atoms with E-state index in [1.807, 2.05) is 49.4 Å². The maximum atomic E-state index is 5.09. The lowest BCUT2D eigenvalue weighted by atomic mass is 10.2. The standard InChI is InChI=1S/C18H21N5O2/c1-13-11-17(23-25-13)20-16-12-15(19-9-6-10-24-2)21-18(22-16)14-7-4-3-5-8-14/h3-5,7-8,11-12H,6,9-10H2,1-2H3,(H2,19,20,21,22,23). The second-order valence-electron chi connectivity index (χ2n) is 5.55. The Morgan fingerprint density at radius 2 is 1.84 bits per heavy atom. The summed E-state index contributed by atoms with van der Waals surface area (Å²) in [4.78, 5) is 9.19. The van der Waals surface area contributed by atoms with Crippen molar-refractivity contribution in [3.05, 3.63) is 48.2 Å². The van der Waals surface area contributed by atoms with E-state index in [4.69, 9.17) is 9.26 Å². The molecule has 0 atom stereocenters. The number of nitrogens with zero attached hydrogens (tertiary/aromatic N) is 3. The maximum Gasteiger partial charge on any atom is 0.175 e. The molecule has 0 fully saturated rings. The van der Waals surface area contributed by atoms with Gasteiger partial charge in [-0.25, -0.2) is 9.97 Å². The van der Waals surface area contributed by atoms with Gasteiger partial charge in [0.05, 0.1) is 0 Å². The SMILES string of the molecule is COCCCNc1cc(Nc2cc(C)on2)nc(-c2ccccc2)n1. The van der Waals surface area contributed by atoms with Crippen molar-refractivity contribution in [2.24, 2.45) is 0 Å². The van der Waals surface area contributed by atoms with Crippen molar-refractivity contribution in [3.8, 4) is 11.4 Å². The molecule has 7 nitrogen and oxygen atoms in total. The normalized spacial score (nSPS) is 10.6. The van der Waals surface area contributed by atoms with Crippen molar-refractivity contribution in [1.29, 1.82) is 0 Å². The van der Waals surface area contributed by atoms with Crippen LogP contribution in [0.15, 0.2) is 47.0 Å². The van der Waals surface area contributed by atoms with Crippen LogP contribution in [0.5, 0.6) is 0 Å². The van der Waals surface area contributed by atoms with Gasteiger partial charge in [-0.05, 0) is 13.3 Å². The third-order valence-electron chi connectivity index (χ3n) is 3.47. The fourth-order valence-electron chi connectivity index (χ4n) is 2.31. The molecule has 0 saturated carbocycles. The molecule has 0 bridgehead atoms. The second kappa shape index (κ2) is 8.25. The Hall–Kier alpha value is -2.93. The molecule has 25 heavy (non-hydrogen) atoms. The first-order valence-electron chi connectivity index (χ1n) is 8.12. The highest BCUT2D eigenvalue weighted by Crippen LogP contribution is 2.22. The third kappa shape index (κ3) is 4.77. The van der Waals surface area contributed by atoms with Crippen LogP contribution in [0.1, 0.15) is 12.2 Å². The molecule has 0 radical (unpaired) electrons. The first-order chi connectivity index (χ1) is 12.2. The highest BCUT2D eigenvalue weighted by atomic mass is 16.5. The van der Waals surface area contributed by atoms with Crippen LogP contribution in [-0.4, -0.2) is 35.4 Å². The minimum absolute atomic E-state index is 0.612. The van der Waals surface area contributed by atoms with Crippen molar-refractivity contribution in [1.82, 2.24) is 15.1 Å². The van der Waals surface area contributed by atoms with Gasteiger partial charge in [-0.3, -0.25) is 0 Å². The fourth-order valence-corrected chi connectivity index (χ4v) is 2.31. The highest BCUT2D eigenvalue weighted by Gasteiger charge is 2.09. The second-order valence-corrected chi connectivity index (χ2v) is 5.55. The number of anilines is 3. The monoisotopic (exact) mass is 339 g/mol. The van der Waals surface area contributed by atoms with E-state index in [1.54, 1.807) is 7.11 Å². The Morgan fingerprint density at radius 3 is 2.56 bits per heavy atom. The molecule has 3 aromatic rings. The maximum absolute atomic E-state index is 5.09. The molecule has 0 aliphatic rings. The quantitative estimate of drug-likeness (QED) is 0.606. The third-order valence-corrected chi connectivity index (χ3v) is 3.47. The molecule has 1 aromatic carbocycles. The van der Waals surface area contributed by atoms with E-state index >= 15 is 0 Å². The summed E-state index contributed by atoms with van der Waals surface area (Å²) in [5.41, 5.74) is 0.947. The number of aromatic nitrogens is 3. The average Bonchev–Trinajstić information content (AvgIpc) is 3.04. The Kier molecular flexibility index (Phi) is 5.58. The molecule has 0 aliphatic carbocycles. The smallest absolute Gasteiger partial charge is 0.175 e. The predicted molar refractivity (Wildman–Crippen MR) is 97.0 cm³/mol. The summed E-state index contributed by atoms with van der Waals surface area (Å²) in [6.07, 6.45) is 0.895. The molecule has 0 spiro atoms. The van der Waals surface area contributed by atoms with Crippen LogP contribution in [0, 0.1) is 6.92 Å². The van der Waals surface area contributed by atoms with Gasteiger partial charge in [-0.2, -0.15) is 0 Å². The van der Waals surface area contributed by atoms with Crippen molar-refractivity contribution < 1.29 is 9.26 Å². The van der Waals surface area contributed by atoms with E-state index in [2.05, 4.69) is 25.8 Å². The van der Waals surface area contributed by atoms with Crippen LogP contribution in [0.2, 0.25) is 0 Å². The van der Waals surface area contributed by atoms with Crippen LogP contribution in [0.4, 0.5) is 17.5 Å². The average molecular weight is 339 g/mol. The molecule has 0 unspecified atom stereocenters. The Balaban J connectivity index is 1.85. The van der Waals surface area contributed by atoms with E-state index in [1.165, 1.54) is 0 Å². The first kappa shape index (κ1) is 16.9. The predicted octanol–water partition coefficient (Wildman–Crippen LogP) is 3.63. The zero-order chi connectivity index (χ0) is 17.5. The van der Waals surface area contributed by atoms with Gasteiger partial charge in [-0.15, -0.1) is 0 Å². The van der Waals surface area contributed by atoms with Crippen molar-refractivity contribution in [2.75, 3.05) is 30.9 Å². The highest BCUT2D eigenvalue weighted by molar-refractivity contribution is 5.63. The Morgan fingerprint density at radius 1 is 1.04 bits per heavy atom. The lowest BCUT2D eigenvalue weighted by molar-refractivity contribution is 0.198. The van der Waals surface area contributed by atoms with E-state index in [0.717, 1.165) is 30.1 Å². The molecular formula is C18H21N5O2. The number of rotatable bonds is 8. The van der Waals surface area contributed by atoms with Crippen LogP contribution in [0.3, 0.4) is 0 Å². The number of methoxy groups -OCH3 is 1. The number of benzene rings is 1. The summed E-state index contributed by atoms with van der Waals surface area (Å²) < 4.78 is 10.2. The lowest BCUT2D eigenvalue weighted by Crippen LogP contribution is -2.08. The van der Waals surface area contributed by atoms with Gasteiger partial charge >= 0.3 is 0 Å². The number of aryl methyl sites for hydroxylation is 1. The van der Waals surface area contributed by atoms with Gasteiger partial charge in [0.2, 0.25) is 0 Å². The van der Waals surface area contributed by atoms with Crippen LogP contribution in [-0.2, 0) is 4.74 Å². The molecular weight excluding hydrogens is 318 g/mol. The fraction of sp³-hybridized carbons (Fsp3) is 0.278. The molecule has 0 saturated heterocycles. The van der Waals surface area contributed by atoms with E-state index in [0.29, 0.717) is 24.1 Å². The van der Waals surface area contributed by atoms with Gasteiger partial charge in [0.15, 0.2) is 11.6 Å². The van der Waals surface area contributed by atoms with Gasteiger partial charge < -0.3 is 19.9 Å². The molecule has 3 rings (SSSR count). The van der Waals surface area contributed by atoms with Gasteiger partial charge in [0.1, 0.15) is 17.4 Å². The Labute approximate surface area is 146 Å². The molecule has 2 heterocycles. The van der Waals surface area contributed by atoms with E-state index in [9.17, 15) is 0 Å². The number of ether oxygens (including phenoxy) is 1. The topological polar surface area (TPSA) is 85.1 Å². The van der Waals surface area contributed by atoms with Crippen LogP contribution >= 0.6 is 0 Å². The number of hydrogen-bond acceptors (Lipinski definition) is 7. The van der Waals surface area contributed by atoms with Gasteiger partial charge in [0.25, 0.3) is 0 Å². The number of hydrogen-bond donors (Lipinski definition) is 2. The van der Waals surface area contributed by atoms with Crippen molar-refractivity contribution in [2.45, 2.75) is 13.3 Å². The minimum atomic E-state index is 0.612. The van der Waals surface area contributed by atoms with E-state index in [-0.39, 0.29) is 0 Å². The zero-order valence-corrected chi connectivity index (χ0v) is 14.3. The zero-order valence-electron chi connectivity index (χ0n) is 14.3. The molecule has 130 valence electrons. The van der Waals surface area contributed by atoms with Crippen molar-refractivity contribution >= 4 is 17.5 Å².